The number of anilines is 1. The van der Waals surface area contributed by atoms with Crippen molar-refractivity contribution in [3.63, 3.8) is 0 Å². The van der Waals surface area contributed by atoms with Gasteiger partial charge in [0.25, 0.3) is 0 Å². The van der Waals surface area contributed by atoms with E-state index >= 15 is 0 Å². The molecule has 0 fully saturated rings. The highest BCUT2D eigenvalue weighted by molar-refractivity contribution is 6.30. The highest BCUT2D eigenvalue weighted by Gasteiger charge is 2.15. The Bertz CT molecular complexity index is 1020. The average Bonchev–Trinajstić information content (AvgIpc) is 3.33. The van der Waals surface area contributed by atoms with Gasteiger partial charge in [-0.3, -0.25) is 0 Å². The molecule has 0 unspecified atom stereocenters. The first kappa shape index (κ1) is 17.3. The van der Waals surface area contributed by atoms with Crippen LogP contribution in [0.4, 0.5) is 10.1 Å². The normalized spacial score (nSPS) is 10.9. The second kappa shape index (κ2) is 7.25. The molecule has 27 heavy (non-hydrogen) atoms. The maximum absolute atomic E-state index is 13.2. The van der Waals surface area contributed by atoms with Gasteiger partial charge in [0.15, 0.2) is 5.82 Å². The van der Waals surface area contributed by atoms with Gasteiger partial charge < -0.3 is 14.5 Å². The molecule has 2 heterocycles. The van der Waals surface area contributed by atoms with Crippen LogP contribution in [-0.2, 0) is 6.54 Å². The SMILES string of the molecule is CN(Cc1nc(-c2ncc[nH]2)cn1-c1ccc(Cl)cc1)c1ccc(F)cc1. The molecule has 0 radical (unpaired) electrons. The zero-order valence-corrected chi connectivity index (χ0v) is 15.4. The zero-order valence-electron chi connectivity index (χ0n) is 14.6. The third kappa shape index (κ3) is 3.71. The molecule has 4 aromatic rings. The third-order valence-electron chi connectivity index (χ3n) is 4.27. The summed E-state index contributed by atoms with van der Waals surface area (Å²) in [6, 6.07) is 14.0. The molecule has 0 atom stereocenters. The van der Waals surface area contributed by atoms with E-state index in [4.69, 9.17) is 16.6 Å². The van der Waals surface area contributed by atoms with Gasteiger partial charge in [-0.05, 0) is 48.5 Å². The van der Waals surface area contributed by atoms with Gasteiger partial charge in [-0.1, -0.05) is 11.6 Å². The Hall–Kier alpha value is -3.12. The predicted octanol–water partition coefficient (Wildman–Crippen LogP) is 4.69. The van der Waals surface area contributed by atoms with Crippen molar-refractivity contribution in [2.75, 3.05) is 11.9 Å². The summed E-state index contributed by atoms with van der Waals surface area (Å²) in [5.74, 6) is 1.28. The van der Waals surface area contributed by atoms with Crippen LogP contribution in [0.25, 0.3) is 17.2 Å². The summed E-state index contributed by atoms with van der Waals surface area (Å²) in [6.07, 6.45) is 5.40. The third-order valence-corrected chi connectivity index (χ3v) is 4.52. The zero-order chi connectivity index (χ0) is 18.8. The lowest BCUT2D eigenvalue weighted by molar-refractivity contribution is 0.627. The lowest BCUT2D eigenvalue weighted by atomic mass is 10.3. The second-order valence-corrected chi connectivity index (χ2v) is 6.60. The minimum Gasteiger partial charge on any atom is -0.367 e. The summed E-state index contributed by atoms with van der Waals surface area (Å²) in [6.45, 7) is 0.537. The monoisotopic (exact) mass is 381 g/mol. The maximum atomic E-state index is 13.2. The molecule has 5 nitrogen and oxygen atoms in total. The van der Waals surface area contributed by atoms with Crippen molar-refractivity contribution in [3.8, 4) is 17.2 Å². The van der Waals surface area contributed by atoms with Crippen molar-refractivity contribution >= 4 is 17.3 Å². The van der Waals surface area contributed by atoms with Crippen LogP contribution >= 0.6 is 11.6 Å². The van der Waals surface area contributed by atoms with Crippen molar-refractivity contribution in [1.82, 2.24) is 19.5 Å². The maximum Gasteiger partial charge on any atom is 0.157 e. The van der Waals surface area contributed by atoms with Crippen LogP contribution in [0.15, 0.2) is 67.1 Å². The van der Waals surface area contributed by atoms with Gasteiger partial charge in [-0.25, -0.2) is 14.4 Å². The first-order valence-electron chi connectivity index (χ1n) is 8.41. The topological polar surface area (TPSA) is 49.7 Å². The molecule has 0 amide bonds. The van der Waals surface area contributed by atoms with Gasteiger partial charge in [0.2, 0.25) is 0 Å². The van der Waals surface area contributed by atoms with Crippen LogP contribution in [0.2, 0.25) is 5.02 Å². The molecule has 0 bridgehead atoms. The van der Waals surface area contributed by atoms with Crippen molar-refractivity contribution in [1.29, 1.82) is 0 Å². The summed E-state index contributed by atoms with van der Waals surface area (Å²) in [5.41, 5.74) is 2.60. The van der Waals surface area contributed by atoms with Gasteiger partial charge in [0.1, 0.15) is 17.3 Å². The quantitative estimate of drug-likeness (QED) is 0.545. The van der Waals surface area contributed by atoms with Crippen molar-refractivity contribution in [2.24, 2.45) is 0 Å². The molecule has 0 spiro atoms. The molecule has 0 aliphatic rings. The molecule has 0 saturated carbocycles. The first-order chi connectivity index (χ1) is 13.1. The minimum atomic E-state index is -0.255. The fourth-order valence-electron chi connectivity index (χ4n) is 2.87. The highest BCUT2D eigenvalue weighted by Crippen LogP contribution is 2.23. The van der Waals surface area contributed by atoms with Crippen LogP contribution in [-0.4, -0.2) is 26.6 Å². The Morgan fingerprint density at radius 2 is 1.85 bits per heavy atom. The van der Waals surface area contributed by atoms with E-state index in [0.29, 0.717) is 17.4 Å². The van der Waals surface area contributed by atoms with Crippen LogP contribution < -0.4 is 4.90 Å². The van der Waals surface area contributed by atoms with E-state index in [1.807, 2.05) is 47.0 Å². The van der Waals surface area contributed by atoms with E-state index in [1.54, 1.807) is 24.5 Å². The van der Waals surface area contributed by atoms with Crippen LogP contribution in [0.5, 0.6) is 0 Å². The van der Waals surface area contributed by atoms with Crippen molar-refractivity contribution in [2.45, 2.75) is 6.54 Å². The number of nitrogens with one attached hydrogen (secondary N) is 1. The number of nitrogens with zero attached hydrogens (tertiary/aromatic N) is 4. The largest absolute Gasteiger partial charge is 0.367 e. The Balaban J connectivity index is 1.71. The van der Waals surface area contributed by atoms with Crippen LogP contribution in [0.1, 0.15) is 5.82 Å². The van der Waals surface area contributed by atoms with Crippen molar-refractivity contribution in [3.05, 3.63) is 83.8 Å². The molecule has 0 aliphatic heterocycles. The van der Waals surface area contributed by atoms with Crippen LogP contribution in [0.3, 0.4) is 0 Å². The molecular formula is C20H17ClFN5. The summed E-state index contributed by atoms with van der Waals surface area (Å²) in [5, 5.41) is 0.676. The molecule has 1 N–H and O–H groups in total. The fourth-order valence-corrected chi connectivity index (χ4v) is 3.00. The number of hydrogen-bond acceptors (Lipinski definition) is 3. The van der Waals surface area contributed by atoms with Gasteiger partial charge in [0, 0.05) is 42.0 Å². The Morgan fingerprint density at radius 1 is 1.11 bits per heavy atom. The minimum absolute atomic E-state index is 0.255. The van der Waals surface area contributed by atoms with E-state index in [-0.39, 0.29) is 5.82 Å². The Kier molecular flexibility index (Phi) is 4.64. The van der Waals surface area contributed by atoms with Gasteiger partial charge in [-0.2, -0.15) is 0 Å². The van der Waals surface area contributed by atoms with Crippen LogP contribution in [0, 0.1) is 5.82 Å². The number of hydrogen-bond donors (Lipinski definition) is 1. The highest BCUT2D eigenvalue weighted by atomic mass is 35.5. The lowest BCUT2D eigenvalue weighted by Gasteiger charge is -2.19. The van der Waals surface area contributed by atoms with E-state index in [2.05, 4.69) is 9.97 Å². The van der Waals surface area contributed by atoms with E-state index < -0.39 is 0 Å². The molecular weight excluding hydrogens is 365 g/mol. The van der Waals surface area contributed by atoms with E-state index in [1.165, 1.54) is 12.1 Å². The Morgan fingerprint density at radius 3 is 2.52 bits per heavy atom. The number of aromatic nitrogens is 4. The average molecular weight is 382 g/mol. The van der Waals surface area contributed by atoms with Gasteiger partial charge in [0.05, 0.1) is 6.54 Å². The number of halogens is 2. The molecule has 2 aromatic carbocycles. The molecule has 4 rings (SSSR count). The lowest BCUT2D eigenvalue weighted by Crippen LogP contribution is -2.19. The molecule has 136 valence electrons. The standard InChI is InChI=1S/C20H17ClFN5/c1-26(16-8-4-15(22)5-9-16)13-19-25-18(20-23-10-11-24-20)12-27(19)17-6-2-14(21)3-7-17/h2-12H,13H2,1H3,(H,23,24). The van der Waals surface area contributed by atoms with Gasteiger partial charge >= 0.3 is 0 Å². The fraction of sp³-hybridized carbons (Fsp3) is 0.100. The molecule has 0 aliphatic carbocycles. The number of benzene rings is 2. The van der Waals surface area contributed by atoms with Gasteiger partial charge in [-0.15, -0.1) is 0 Å². The number of H-pyrrole nitrogens is 1. The number of aromatic amines is 1. The molecule has 0 saturated heterocycles. The number of rotatable bonds is 5. The predicted molar refractivity (Wildman–Crippen MR) is 105 cm³/mol. The smallest absolute Gasteiger partial charge is 0.157 e. The van der Waals surface area contributed by atoms with Crippen molar-refractivity contribution < 1.29 is 4.39 Å². The Labute approximate surface area is 161 Å². The summed E-state index contributed by atoms with van der Waals surface area (Å²) in [7, 11) is 1.95. The summed E-state index contributed by atoms with van der Waals surface area (Å²) < 4.78 is 15.2. The van der Waals surface area contributed by atoms with E-state index in [9.17, 15) is 4.39 Å². The summed E-state index contributed by atoms with van der Waals surface area (Å²) >= 11 is 6.02. The van der Waals surface area contributed by atoms with E-state index in [0.717, 1.165) is 22.9 Å². The molecule has 7 heteroatoms. The first-order valence-corrected chi connectivity index (χ1v) is 8.78. The summed E-state index contributed by atoms with van der Waals surface area (Å²) in [4.78, 5) is 14.1. The number of imidazole rings is 2. The molecule has 2 aromatic heterocycles. The second-order valence-electron chi connectivity index (χ2n) is 6.16.